The van der Waals surface area contributed by atoms with Gasteiger partial charge in [0.2, 0.25) is 0 Å². The summed E-state index contributed by atoms with van der Waals surface area (Å²) in [6, 6.07) is 5.00. The van der Waals surface area contributed by atoms with Crippen LogP contribution in [-0.2, 0) is 0 Å². The van der Waals surface area contributed by atoms with Gasteiger partial charge in [-0.1, -0.05) is 0 Å². The summed E-state index contributed by atoms with van der Waals surface area (Å²) < 4.78 is 13.6. The number of likely N-dealkylation sites (tertiary alicyclic amines) is 1. The first-order chi connectivity index (χ1) is 8.97. The third-order valence-electron chi connectivity index (χ3n) is 3.93. The van der Waals surface area contributed by atoms with Gasteiger partial charge < -0.3 is 9.80 Å². The maximum absolute atomic E-state index is 13.6. The van der Waals surface area contributed by atoms with Crippen LogP contribution in [0.2, 0.25) is 0 Å². The van der Waals surface area contributed by atoms with E-state index >= 15 is 0 Å². The summed E-state index contributed by atoms with van der Waals surface area (Å²) in [6.07, 6.45) is 2.14. The van der Waals surface area contributed by atoms with E-state index in [1.807, 2.05) is 7.05 Å². The van der Waals surface area contributed by atoms with Crippen molar-refractivity contribution in [3.63, 3.8) is 0 Å². The Bertz CT molecular complexity index is 467. The number of halogens is 1. The molecule has 0 atom stereocenters. The molecule has 19 heavy (non-hydrogen) atoms. The van der Waals surface area contributed by atoms with E-state index in [2.05, 4.69) is 16.8 Å². The van der Waals surface area contributed by atoms with Gasteiger partial charge in [-0.3, -0.25) is 4.79 Å². The lowest BCUT2D eigenvalue weighted by Crippen LogP contribution is -2.42. The monoisotopic (exact) mass is 264 g/mol. The van der Waals surface area contributed by atoms with Crippen molar-refractivity contribution < 1.29 is 9.18 Å². The number of benzene rings is 1. The summed E-state index contributed by atoms with van der Waals surface area (Å²) in [5.74, 6) is -0.444. The largest absolute Gasteiger partial charge is 0.371 e. The van der Waals surface area contributed by atoms with Crippen molar-refractivity contribution in [3.05, 3.63) is 29.6 Å². The van der Waals surface area contributed by atoms with Crippen LogP contribution in [0.4, 0.5) is 10.1 Å². The molecule has 0 radical (unpaired) electrons. The zero-order valence-corrected chi connectivity index (χ0v) is 11.8. The van der Waals surface area contributed by atoms with Crippen molar-refractivity contribution in [2.45, 2.75) is 25.8 Å². The molecule has 0 amide bonds. The second-order valence-corrected chi connectivity index (χ2v) is 5.40. The fourth-order valence-corrected chi connectivity index (χ4v) is 2.57. The normalized spacial score (nSPS) is 17.5. The van der Waals surface area contributed by atoms with Crippen LogP contribution < -0.4 is 4.90 Å². The summed E-state index contributed by atoms with van der Waals surface area (Å²) >= 11 is 0. The lowest BCUT2D eigenvalue weighted by Gasteiger charge is -2.36. The molecule has 1 aromatic rings. The molecule has 2 rings (SSSR count). The van der Waals surface area contributed by atoms with Gasteiger partial charge in [-0.2, -0.15) is 0 Å². The second kappa shape index (κ2) is 5.70. The van der Waals surface area contributed by atoms with E-state index in [1.165, 1.54) is 19.1 Å². The van der Waals surface area contributed by atoms with Crippen LogP contribution in [0, 0.1) is 5.82 Å². The summed E-state index contributed by atoms with van der Waals surface area (Å²) in [4.78, 5) is 15.8. The van der Waals surface area contributed by atoms with Crippen molar-refractivity contribution in [2.24, 2.45) is 0 Å². The first-order valence-corrected chi connectivity index (χ1v) is 6.70. The van der Waals surface area contributed by atoms with Gasteiger partial charge in [0.25, 0.3) is 0 Å². The van der Waals surface area contributed by atoms with Gasteiger partial charge in [-0.25, -0.2) is 4.39 Å². The number of ketones is 1. The quantitative estimate of drug-likeness (QED) is 0.784. The number of hydrogen-bond donors (Lipinski definition) is 0. The number of anilines is 1. The number of carbonyl (C=O) groups excluding carboxylic acids is 1. The van der Waals surface area contributed by atoms with Gasteiger partial charge in [0.05, 0.1) is 0 Å². The lowest BCUT2D eigenvalue weighted by atomic mass is 10.0. The zero-order chi connectivity index (χ0) is 14.0. The minimum Gasteiger partial charge on any atom is -0.371 e. The highest BCUT2D eigenvalue weighted by molar-refractivity contribution is 5.95. The minimum atomic E-state index is -0.345. The fraction of sp³-hybridized carbons (Fsp3) is 0.533. The van der Waals surface area contributed by atoms with Crippen molar-refractivity contribution in [1.29, 1.82) is 0 Å². The molecule has 1 aromatic carbocycles. The summed E-state index contributed by atoms with van der Waals surface area (Å²) in [5.41, 5.74) is 1.23. The molecular weight excluding hydrogens is 243 g/mol. The Labute approximate surface area is 114 Å². The molecule has 1 heterocycles. The number of Topliss-reactive ketones (excluding diaryl/α,β-unsaturated/α-hetero) is 1. The lowest BCUT2D eigenvalue weighted by molar-refractivity contribution is 0.101. The molecule has 0 bridgehead atoms. The standard InChI is InChI=1S/C15H21FN2O/c1-11(19)12-8-13(16)10-15(9-12)18(3)14-4-6-17(2)7-5-14/h8-10,14H,4-7H2,1-3H3. The molecule has 0 aromatic heterocycles. The Morgan fingerprint density at radius 3 is 2.53 bits per heavy atom. The molecular formula is C15H21FN2O. The van der Waals surface area contributed by atoms with Crippen molar-refractivity contribution in [1.82, 2.24) is 4.90 Å². The molecule has 1 aliphatic rings. The number of hydrogen-bond acceptors (Lipinski definition) is 3. The van der Waals surface area contributed by atoms with Crippen LogP contribution in [0.1, 0.15) is 30.1 Å². The van der Waals surface area contributed by atoms with Gasteiger partial charge in [0.15, 0.2) is 5.78 Å². The van der Waals surface area contributed by atoms with E-state index < -0.39 is 0 Å². The first-order valence-electron chi connectivity index (χ1n) is 6.70. The highest BCUT2D eigenvalue weighted by Crippen LogP contribution is 2.24. The molecule has 0 aliphatic carbocycles. The van der Waals surface area contributed by atoms with E-state index in [-0.39, 0.29) is 11.6 Å². The Hall–Kier alpha value is -1.42. The van der Waals surface area contributed by atoms with Gasteiger partial charge in [-0.15, -0.1) is 0 Å². The molecule has 0 N–H and O–H groups in total. The third kappa shape index (κ3) is 3.32. The molecule has 4 heteroatoms. The highest BCUT2D eigenvalue weighted by Gasteiger charge is 2.21. The van der Waals surface area contributed by atoms with Crippen LogP contribution in [0.5, 0.6) is 0 Å². The number of carbonyl (C=O) groups is 1. The van der Waals surface area contributed by atoms with Crippen LogP contribution in [0.3, 0.4) is 0 Å². The maximum atomic E-state index is 13.6. The Balaban J connectivity index is 2.18. The molecule has 1 aliphatic heterocycles. The van der Waals surface area contributed by atoms with Gasteiger partial charge in [0, 0.05) is 24.3 Å². The SMILES string of the molecule is CC(=O)c1cc(F)cc(N(C)C2CCN(C)CC2)c1. The summed E-state index contributed by atoms with van der Waals surface area (Å²) in [6.45, 7) is 3.59. The smallest absolute Gasteiger partial charge is 0.159 e. The van der Waals surface area contributed by atoms with Crippen LogP contribution in [0.15, 0.2) is 18.2 Å². The van der Waals surface area contributed by atoms with Crippen molar-refractivity contribution >= 4 is 11.5 Å². The predicted molar refractivity (Wildman–Crippen MR) is 75.3 cm³/mol. The highest BCUT2D eigenvalue weighted by atomic mass is 19.1. The Morgan fingerprint density at radius 1 is 1.32 bits per heavy atom. The average molecular weight is 264 g/mol. The predicted octanol–water partition coefficient (Wildman–Crippen LogP) is 2.56. The number of piperidine rings is 1. The van der Waals surface area contributed by atoms with E-state index in [0.29, 0.717) is 11.6 Å². The second-order valence-electron chi connectivity index (χ2n) is 5.40. The Morgan fingerprint density at radius 2 is 1.95 bits per heavy atom. The topological polar surface area (TPSA) is 23.6 Å². The van der Waals surface area contributed by atoms with E-state index in [4.69, 9.17) is 0 Å². The molecule has 0 spiro atoms. The Kier molecular flexibility index (Phi) is 4.20. The summed E-state index contributed by atoms with van der Waals surface area (Å²) in [7, 11) is 4.10. The average Bonchev–Trinajstić information content (AvgIpc) is 2.38. The van der Waals surface area contributed by atoms with E-state index in [1.54, 1.807) is 6.07 Å². The fourth-order valence-electron chi connectivity index (χ4n) is 2.57. The van der Waals surface area contributed by atoms with Crippen LogP contribution in [0.25, 0.3) is 0 Å². The third-order valence-corrected chi connectivity index (χ3v) is 3.93. The van der Waals surface area contributed by atoms with Crippen LogP contribution >= 0.6 is 0 Å². The van der Waals surface area contributed by atoms with Crippen molar-refractivity contribution in [3.8, 4) is 0 Å². The maximum Gasteiger partial charge on any atom is 0.159 e. The summed E-state index contributed by atoms with van der Waals surface area (Å²) in [5, 5.41) is 0. The van der Waals surface area contributed by atoms with E-state index in [9.17, 15) is 9.18 Å². The molecule has 0 unspecified atom stereocenters. The zero-order valence-electron chi connectivity index (χ0n) is 11.8. The van der Waals surface area contributed by atoms with E-state index in [0.717, 1.165) is 31.6 Å². The van der Waals surface area contributed by atoms with Gasteiger partial charge in [-0.05, 0) is 58.1 Å². The van der Waals surface area contributed by atoms with Crippen molar-refractivity contribution in [2.75, 3.05) is 32.1 Å². The van der Waals surface area contributed by atoms with Gasteiger partial charge in [0.1, 0.15) is 5.82 Å². The minimum absolute atomic E-state index is 0.0995. The molecule has 104 valence electrons. The first kappa shape index (κ1) is 14.0. The molecule has 1 fully saturated rings. The number of nitrogens with zero attached hydrogens (tertiary/aromatic N) is 2. The number of rotatable bonds is 3. The van der Waals surface area contributed by atoms with Crippen LogP contribution in [-0.4, -0.2) is 43.9 Å². The molecule has 1 saturated heterocycles. The molecule has 3 nitrogen and oxygen atoms in total. The molecule has 0 saturated carbocycles. The van der Waals surface area contributed by atoms with Gasteiger partial charge >= 0.3 is 0 Å².